The molecule has 5 aromatic rings. The highest BCUT2D eigenvalue weighted by molar-refractivity contribution is 5.83. The Morgan fingerprint density at radius 2 is 2.03 bits per heavy atom. The molecule has 1 aliphatic carbocycles. The van der Waals surface area contributed by atoms with Crippen molar-refractivity contribution in [3.8, 4) is 22.9 Å². The molecule has 9 heteroatoms. The van der Waals surface area contributed by atoms with E-state index in [-0.39, 0.29) is 11.9 Å². The van der Waals surface area contributed by atoms with Gasteiger partial charge in [0.1, 0.15) is 11.3 Å². The molecule has 1 aliphatic rings. The van der Waals surface area contributed by atoms with Crippen molar-refractivity contribution in [3.05, 3.63) is 78.2 Å². The Morgan fingerprint density at radius 3 is 2.82 bits per heavy atom. The number of rotatable bonds is 4. The minimum Gasteiger partial charge on any atom is -0.383 e. The number of fused-ring (bicyclic) bond motifs is 2. The van der Waals surface area contributed by atoms with Crippen LogP contribution in [0.5, 0.6) is 0 Å². The number of amides is 1. The third-order valence-electron chi connectivity index (χ3n) is 6.15. The summed E-state index contributed by atoms with van der Waals surface area (Å²) in [6.07, 6.45) is 7.01. The number of imidazole rings is 1. The van der Waals surface area contributed by atoms with Gasteiger partial charge in [-0.05, 0) is 66.4 Å². The summed E-state index contributed by atoms with van der Waals surface area (Å²) in [6.45, 7) is 1.55. The molecule has 6 rings (SSSR count). The normalized spacial score (nSPS) is 14.9. The summed E-state index contributed by atoms with van der Waals surface area (Å²) in [5.41, 5.74) is 11.7. The highest BCUT2D eigenvalue weighted by Gasteiger charge is 2.25. The largest absolute Gasteiger partial charge is 0.383 e. The van der Waals surface area contributed by atoms with Crippen LogP contribution in [0.3, 0.4) is 0 Å². The van der Waals surface area contributed by atoms with Crippen LogP contribution in [0.15, 0.2) is 67.1 Å². The third kappa shape index (κ3) is 3.29. The molecule has 3 N–H and O–H groups in total. The van der Waals surface area contributed by atoms with Crippen molar-refractivity contribution in [2.75, 3.05) is 5.73 Å². The summed E-state index contributed by atoms with van der Waals surface area (Å²) in [5, 5.41) is 7.36. The molecule has 1 unspecified atom stereocenters. The van der Waals surface area contributed by atoms with E-state index in [1.165, 1.54) is 5.56 Å². The summed E-state index contributed by atoms with van der Waals surface area (Å²) in [4.78, 5) is 25.7. The minimum absolute atomic E-state index is 0.0211. The fourth-order valence-electron chi connectivity index (χ4n) is 4.65. The summed E-state index contributed by atoms with van der Waals surface area (Å²) in [5.74, 6) is 1.74. The number of pyridine rings is 2. The first kappa shape index (κ1) is 20.1. The van der Waals surface area contributed by atoms with Crippen LogP contribution in [0.4, 0.5) is 5.82 Å². The van der Waals surface area contributed by atoms with Crippen molar-refractivity contribution >= 4 is 22.9 Å². The van der Waals surface area contributed by atoms with Gasteiger partial charge < -0.3 is 11.1 Å². The number of carbonyl (C=O) groups excluding carboxylic acids is 1. The summed E-state index contributed by atoms with van der Waals surface area (Å²) in [7, 11) is 0. The van der Waals surface area contributed by atoms with Gasteiger partial charge in [-0.2, -0.15) is 5.10 Å². The van der Waals surface area contributed by atoms with E-state index in [1.54, 1.807) is 24.0 Å². The van der Waals surface area contributed by atoms with Crippen LogP contribution in [0.25, 0.3) is 34.1 Å². The zero-order chi connectivity index (χ0) is 23.2. The molecule has 4 heterocycles. The van der Waals surface area contributed by atoms with Crippen molar-refractivity contribution in [1.82, 2.24) is 34.6 Å². The van der Waals surface area contributed by atoms with E-state index in [0.717, 1.165) is 35.2 Å². The van der Waals surface area contributed by atoms with Gasteiger partial charge in [0.25, 0.3) is 0 Å². The van der Waals surface area contributed by atoms with Crippen molar-refractivity contribution in [2.45, 2.75) is 25.8 Å². The quantitative estimate of drug-likeness (QED) is 0.434. The Morgan fingerprint density at radius 1 is 1.12 bits per heavy atom. The average Bonchev–Trinajstić information content (AvgIpc) is 3.57. The molecule has 0 radical (unpaired) electrons. The van der Waals surface area contributed by atoms with E-state index < -0.39 is 0 Å². The van der Waals surface area contributed by atoms with Gasteiger partial charge in [0.15, 0.2) is 17.3 Å². The number of anilines is 1. The van der Waals surface area contributed by atoms with Crippen LogP contribution >= 0.6 is 0 Å². The first-order valence-electron chi connectivity index (χ1n) is 11.1. The van der Waals surface area contributed by atoms with Crippen LogP contribution in [-0.2, 0) is 11.2 Å². The number of hydrogen-bond acceptors (Lipinski definition) is 6. The number of aryl methyl sites for hydroxylation is 1. The maximum atomic E-state index is 11.6. The van der Waals surface area contributed by atoms with E-state index in [0.29, 0.717) is 23.1 Å². The molecule has 0 spiro atoms. The molecule has 34 heavy (non-hydrogen) atoms. The Labute approximate surface area is 195 Å². The van der Waals surface area contributed by atoms with E-state index in [4.69, 9.17) is 15.7 Å². The van der Waals surface area contributed by atoms with Gasteiger partial charge in [0.05, 0.1) is 11.6 Å². The molecule has 0 saturated heterocycles. The molecule has 1 aromatic carbocycles. The zero-order valence-corrected chi connectivity index (χ0v) is 18.5. The number of benzene rings is 1. The number of carbonyl (C=O) groups is 1. The lowest BCUT2D eigenvalue weighted by atomic mass is 10.1. The number of nitrogens with two attached hydrogens (primary N) is 1. The lowest BCUT2D eigenvalue weighted by molar-refractivity contribution is -0.119. The second-order valence-electron chi connectivity index (χ2n) is 8.34. The molecule has 0 bridgehead atoms. The first-order valence-corrected chi connectivity index (χ1v) is 11.1. The van der Waals surface area contributed by atoms with Crippen LogP contribution in [0.2, 0.25) is 0 Å². The van der Waals surface area contributed by atoms with Crippen molar-refractivity contribution in [2.24, 2.45) is 0 Å². The second-order valence-corrected chi connectivity index (χ2v) is 8.34. The SMILES string of the molecule is CC(=O)NC1CCc2cc(-n3c(-c4cccnc4N)nc4ccc(-n5cccn5)nc43)ccc21. The maximum Gasteiger partial charge on any atom is 0.217 e. The molecule has 1 atom stereocenters. The number of aromatic nitrogens is 6. The van der Waals surface area contributed by atoms with Crippen molar-refractivity contribution in [3.63, 3.8) is 0 Å². The molecule has 0 saturated carbocycles. The molecule has 9 nitrogen and oxygen atoms in total. The van der Waals surface area contributed by atoms with E-state index in [9.17, 15) is 4.79 Å². The van der Waals surface area contributed by atoms with Crippen molar-refractivity contribution < 1.29 is 4.79 Å². The van der Waals surface area contributed by atoms with Gasteiger partial charge in [-0.3, -0.25) is 9.36 Å². The second kappa shape index (κ2) is 7.80. The van der Waals surface area contributed by atoms with Gasteiger partial charge in [-0.15, -0.1) is 0 Å². The zero-order valence-electron chi connectivity index (χ0n) is 18.5. The number of nitrogens with one attached hydrogen (secondary N) is 1. The fourth-order valence-corrected chi connectivity index (χ4v) is 4.65. The number of hydrogen-bond donors (Lipinski definition) is 2. The summed E-state index contributed by atoms with van der Waals surface area (Å²) in [6, 6.07) is 15.8. The predicted molar refractivity (Wildman–Crippen MR) is 129 cm³/mol. The smallest absolute Gasteiger partial charge is 0.217 e. The van der Waals surface area contributed by atoms with E-state index in [2.05, 4.69) is 27.5 Å². The Hall–Kier alpha value is -4.53. The predicted octanol–water partition coefficient (Wildman–Crippen LogP) is 3.37. The molecular formula is C25H22N8O. The standard InChI is InChI=1S/C25H22N8O/c1-15(34)29-20-8-5-16-14-17(6-7-18(16)20)33-24(19-4-2-11-27-23(19)26)30-21-9-10-22(31-25(21)33)32-13-3-12-28-32/h2-4,6-7,9-14,20H,5,8H2,1H3,(H2,26,27)(H,29,34). The molecule has 168 valence electrons. The van der Waals surface area contributed by atoms with Gasteiger partial charge >= 0.3 is 0 Å². The highest BCUT2D eigenvalue weighted by atomic mass is 16.1. The Bertz CT molecular complexity index is 1540. The van der Waals surface area contributed by atoms with E-state index in [1.807, 2.05) is 47.2 Å². The van der Waals surface area contributed by atoms with Crippen LogP contribution in [0.1, 0.15) is 30.5 Å². The molecular weight excluding hydrogens is 428 g/mol. The lowest BCUT2D eigenvalue weighted by Crippen LogP contribution is -2.24. The molecule has 4 aromatic heterocycles. The monoisotopic (exact) mass is 450 g/mol. The van der Waals surface area contributed by atoms with Crippen molar-refractivity contribution in [1.29, 1.82) is 0 Å². The Balaban J connectivity index is 1.56. The van der Waals surface area contributed by atoms with Gasteiger partial charge in [-0.1, -0.05) is 6.07 Å². The minimum atomic E-state index is -0.0211. The van der Waals surface area contributed by atoms with E-state index >= 15 is 0 Å². The maximum absolute atomic E-state index is 11.6. The fraction of sp³-hybridized carbons (Fsp3) is 0.160. The van der Waals surface area contributed by atoms with Crippen LogP contribution in [-0.4, -0.2) is 35.2 Å². The van der Waals surface area contributed by atoms with Crippen LogP contribution in [0, 0.1) is 0 Å². The molecule has 0 aliphatic heterocycles. The van der Waals surface area contributed by atoms with Gasteiger partial charge in [0.2, 0.25) is 5.91 Å². The third-order valence-corrected chi connectivity index (χ3v) is 6.15. The Kier molecular flexibility index (Phi) is 4.61. The molecule has 0 fully saturated rings. The first-order chi connectivity index (χ1) is 16.6. The topological polar surface area (TPSA) is 117 Å². The average molecular weight is 451 g/mol. The summed E-state index contributed by atoms with van der Waals surface area (Å²) < 4.78 is 3.73. The lowest BCUT2D eigenvalue weighted by Gasteiger charge is -2.15. The summed E-state index contributed by atoms with van der Waals surface area (Å²) >= 11 is 0. The van der Waals surface area contributed by atoms with Gasteiger partial charge in [0, 0.05) is 31.2 Å². The highest BCUT2D eigenvalue weighted by Crippen LogP contribution is 2.35. The number of nitrogen functional groups attached to an aromatic ring is 1. The number of nitrogens with zero attached hydrogens (tertiary/aromatic N) is 6. The van der Waals surface area contributed by atoms with Gasteiger partial charge in [-0.25, -0.2) is 19.6 Å². The molecule has 1 amide bonds. The van der Waals surface area contributed by atoms with Crippen LogP contribution < -0.4 is 11.1 Å².